The van der Waals surface area contributed by atoms with Crippen molar-refractivity contribution in [3.05, 3.63) is 33.6 Å². The first-order valence-electron chi connectivity index (χ1n) is 3.98. The zero-order chi connectivity index (χ0) is 10.1. The Balaban J connectivity index is 2.70. The molecule has 0 saturated heterocycles. The van der Waals surface area contributed by atoms with Crippen molar-refractivity contribution in [2.75, 3.05) is 7.11 Å². The number of thiophene rings is 1. The third-order valence-electron chi connectivity index (χ3n) is 1.96. The first kappa shape index (κ1) is 9.68. The minimum Gasteiger partial charge on any atom is -0.465 e. The predicted molar refractivity (Wildman–Crippen MR) is 60.9 cm³/mol. The molecule has 0 bridgehead atoms. The van der Waals surface area contributed by atoms with Crippen molar-refractivity contribution in [3.63, 3.8) is 0 Å². The summed E-state index contributed by atoms with van der Waals surface area (Å²) < 4.78 is 6.78. The first-order chi connectivity index (χ1) is 6.74. The van der Waals surface area contributed by atoms with Crippen molar-refractivity contribution >= 4 is 43.3 Å². The topological polar surface area (TPSA) is 26.3 Å². The summed E-state index contributed by atoms with van der Waals surface area (Å²) in [6.07, 6.45) is 0. The van der Waals surface area contributed by atoms with E-state index in [1.165, 1.54) is 18.4 Å². The lowest BCUT2D eigenvalue weighted by Gasteiger charge is -1.97. The number of esters is 1. The van der Waals surface area contributed by atoms with E-state index >= 15 is 0 Å². The molecule has 0 atom stereocenters. The monoisotopic (exact) mass is 270 g/mol. The van der Waals surface area contributed by atoms with Gasteiger partial charge in [0.15, 0.2) is 0 Å². The Morgan fingerprint density at radius 3 is 3.00 bits per heavy atom. The summed E-state index contributed by atoms with van der Waals surface area (Å²) in [5, 5.41) is 2.76. The van der Waals surface area contributed by atoms with Gasteiger partial charge in [-0.1, -0.05) is 12.1 Å². The summed E-state index contributed by atoms with van der Waals surface area (Å²) in [7, 11) is 1.39. The summed E-state index contributed by atoms with van der Waals surface area (Å²) in [6, 6.07) is 5.79. The zero-order valence-corrected chi connectivity index (χ0v) is 9.81. The van der Waals surface area contributed by atoms with Crippen LogP contribution in [0.1, 0.15) is 10.4 Å². The van der Waals surface area contributed by atoms with Crippen LogP contribution in [-0.2, 0) is 4.74 Å². The van der Waals surface area contributed by atoms with Crippen LogP contribution in [0.5, 0.6) is 0 Å². The second-order valence-corrected chi connectivity index (χ2v) is 4.49. The van der Waals surface area contributed by atoms with Crippen LogP contribution in [0.3, 0.4) is 0 Å². The SMILES string of the molecule is COC(=O)c1csc2c(Br)cccc12. The van der Waals surface area contributed by atoms with Gasteiger partial charge >= 0.3 is 5.97 Å². The van der Waals surface area contributed by atoms with E-state index in [0.29, 0.717) is 5.56 Å². The minimum absolute atomic E-state index is 0.283. The minimum atomic E-state index is -0.283. The summed E-state index contributed by atoms with van der Waals surface area (Å²) in [4.78, 5) is 11.4. The van der Waals surface area contributed by atoms with Crippen LogP contribution in [0.15, 0.2) is 28.1 Å². The summed E-state index contributed by atoms with van der Waals surface area (Å²) in [5.41, 5.74) is 0.633. The molecular formula is C10H7BrO2S. The Hall–Kier alpha value is -0.870. The summed E-state index contributed by atoms with van der Waals surface area (Å²) >= 11 is 4.98. The third kappa shape index (κ3) is 1.44. The van der Waals surface area contributed by atoms with Gasteiger partial charge in [-0.15, -0.1) is 11.3 Å². The average Bonchev–Trinajstić information content (AvgIpc) is 2.62. The van der Waals surface area contributed by atoms with Crippen molar-refractivity contribution in [1.29, 1.82) is 0 Å². The van der Waals surface area contributed by atoms with Crippen LogP contribution >= 0.6 is 27.3 Å². The molecule has 1 aromatic carbocycles. The van der Waals surface area contributed by atoms with E-state index in [1.807, 2.05) is 23.6 Å². The molecule has 2 nitrogen and oxygen atoms in total. The number of carbonyl (C=O) groups is 1. The number of methoxy groups -OCH3 is 1. The van der Waals surface area contributed by atoms with Gasteiger partial charge < -0.3 is 4.74 Å². The maximum absolute atomic E-state index is 11.4. The maximum atomic E-state index is 11.4. The quantitative estimate of drug-likeness (QED) is 0.742. The van der Waals surface area contributed by atoms with E-state index in [2.05, 4.69) is 15.9 Å². The molecule has 14 heavy (non-hydrogen) atoms. The number of hydrogen-bond donors (Lipinski definition) is 0. The van der Waals surface area contributed by atoms with Crippen LogP contribution in [0.4, 0.5) is 0 Å². The molecule has 1 heterocycles. The maximum Gasteiger partial charge on any atom is 0.339 e. The number of benzene rings is 1. The molecule has 0 fully saturated rings. The molecule has 0 aliphatic rings. The van der Waals surface area contributed by atoms with Crippen molar-refractivity contribution in [3.8, 4) is 0 Å². The Bertz CT molecular complexity index is 490. The fourth-order valence-corrected chi connectivity index (χ4v) is 2.88. The highest BCUT2D eigenvalue weighted by Gasteiger charge is 2.13. The normalized spacial score (nSPS) is 10.4. The van der Waals surface area contributed by atoms with E-state index in [-0.39, 0.29) is 5.97 Å². The van der Waals surface area contributed by atoms with Gasteiger partial charge in [-0.05, 0) is 22.0 Å². The highest BCUT2D eigenvalue weighted by Crippen LogP contribution is 2.32. The van der Waals surface area contributed by atoms with Gasteiger partial charge in [-0.25, -0.2) is 4.79 Å². The molecular weight excluding hydrogens is 264 g/mol. The van der Waals surface area contributed by atoms with Gasteiger partial charge in [0.25, 0.3) is 0 Å². The number of fused-ring (bicyclic) bond motifs is 1. The van der Waals surface area contributed by atoms with Crippen molar-refractivity contribution in [2.24, 2.45) is 0 Å². The molecule has 2 rings (SSSR count). The van der Waals surface area contributed by atoms with E-state index in [0.717, 1.165) is 14.6 Å². The second kappa shape index (κ2) is 3.71. The molecule has 0 N–H and O–H groups in total. The van der Waals surface area contributed by atoms with Gasteiger partial charge in [0.1, 0.15) is 0 Å². The predicted octanol–water partition coefficient (Wildman–Crippen LogP) is 3.45. The van der Waals surface area contributed by atoms with Gasteiger partial charge in [0.05, 0.1) is 12.7 Å². The van der Waals surface area contributed by atoms with Gasteiger partial charge in [-0.2, -0.15) is 0 Å². The fraction of sp³-hybridized carbons (Fsp3) is 0.100. The van der Waals surface area contributed by atoms with E-state index < -0.39 is 0 Å². The van der Waals surface area contributed by atoms with E-state index in [1.54, 1.807) is 0 Å². The average molecular weight is 271 g/mol. The molecule has 0 saturated carbocycles. The van der Waals surface area contributed by atoms with E-state index in [9.17, 15) is 4.79 Å². The summed E-state index contributed by atoms with van der Waals surface area (Å²) in [6.45, 7) is 0. The Kier molecular flexibility index (Phi) is 2.56. The molecule has 4 heteroatoms. The molecule has 0 amide bonds. The molecule has 0 aliphatic heterocycles. The molecule has 0 unspecified atom stereocenters. The van der Waals surface area contributed by atoms with Gasteiger partial charge in [0, 0.05) is 19.9 Å². The van der Waals surface area contributed by atoms with Crippen LogP contribution in [0.2, 0.25) is 0 Å². The lowest BCUT2D eigenvalue weighted by Crippen LogP contribution is -1.99. The first-order valence-corrected chi connectivity index (χ1v) is 5.65. The second-order valence-electron chi connectivity index (χ2n) is 2.76. The van der Waals surface area contributed by atoms with Crippen LogP contribution in [0.25, 0.3) is 10.1 Å². The van der Waals surface area contributed by atoms with Crippen molar-refractivity contribution in [1.82, 2.24) is 0 Å². The summed E-state index contributed by atoms with van der Waals surface area (Å²) in [5.74, 6) is -0.283. The fourth-order valence-electron chi connectivity index (χ4n) is 1.29. The lowest BCUT2D eigenvalue weighted by atomic mass is 10.2. The molecule has 2 aromatic rings. The number of rotatable bonds is 1. The third-order valence-corrected chi connectivity index (χ3v) is 3.91. The lowest BCUT2D eigenvalue weighted by molar-refractivity contribution is 0.0603. The van der Waals surface area contributed by atoms with Crippen LogP contribution in [-0.4, -0.2) is 13.1 Å². The molecule has 0 radical (unpaired) electrons. The number of halogens is 1. The van der Waals surface area contributed by atoms with Crippen molar-refractivity contribution < 1.29 is 9.53 Å². The Morgan fingerprint density at radius 1 is 1.50 bits per heavy atom. The Labute approximate surface area is 93.6 Å². The largest absolute Gasteiger partial charge is 0.465 e. The highest BCUT2D eigenvalue weighted by atomic mass is 79.9. The Morgan fingerprint density at radius 2 is 2.29 bits per heavy atom. The molecule has 1 aromatic heterocycles. The standard InChI is InChI=1S/C10H7BrO2S/c1-13-10(12)7-5-14-9-6(7)3-2-4-8(9)11/h2-5H,1H3. The van der Waals surface area contributed by atoms with Crippen LogP contribution in [0, 0.1) is 0 Å². The van der Waals surface area contributed by atoms with Gasteiger partial charge in [0.2, 0.25) is 0 Å². The number of carbonyl (C=O) groups excluding carboxylic acids is 1. The molecule has 72 valence electrons. The smallest absolute Gasteiger partial charge is 0.339 e. The molecule has 0 aliphatic carbocycles. The van der Waals surface area contributed by atoms with Crippen molar-refractivity contribution in [2.45, 2.75) is 0 Å². The van der Waals surface area contributed by atoms with E-state index in [4.69, 9.17) is 4.74 Å². The van der Waals surface area contributed by atoms with Gasteiger partial charge in [-0.3, -0.25) is 0 Å². The highest BCUT2D eigenvalue weighted by molar-refractivity contribution is 9.10. The number of hydrogen-bond acceptors (Lipinski definition) is 3. The number of ether oxygens (including phenoxy) is 1. The zero-order valence-electron chi connectivity index (χ0n) is 7.41. The molecule has 0 spiro atoms. The van der Waals surface area contributed by atoms with Crippen LogP contribution < -0.4 is 0 Å².